The molecule has 1 aromatic carbocycles. The molecule has 1 aliphatic heterocycles. The fraction of sp³-hybridized carbons (Fsp3) is 0.389. The third kappa shape index (κ3) is 5.70. The van der Waals surface area contributed by atoms with E-state index in [2.05, 4.69) is 21.0 Å². The zero-order valence-electron chi connectivity index (χ0n) is 14.9. The molecule has 2 aromatic rings. The standard InChI is InChI=1S/C18H23N5O3.ClH/c24-15-5-3-13(4-6-15)17(25)20-9-10-21-18(26)16-7-11-23(22-16)14-2-1-8-19-12-14;/h3-7,11,14,19,24H,1-2,8-10,12H2,(H,20,25)(H,21,26);1H. The van der Waals surface area contributed by atoms with Crippen LogP contribution in [0.2, 0.25) is 0 Å². The van der Waals surface area contributed by atoms with Gasteiger partial charge in [-0.2, -0.15) is 5.10 Å². The summed E-state index contributed by atoms with van der Waals surface area (Å²) >= 11 is 0. The van der Waals surface area contributed by atoms with E-state index in [0.717, 1.165) is 25.9 Å². The van der Waals surface area contributed by atoms with Crippen molar-refractivity contribution in [1.29, 1.82) is 0 Å². The van der Waals surface area contributed by atoms with E-state index in [1.54, 1.807) is 6.07 Å². The number of phenols is 1. The molecule has 9 heteroatoms. The van der Waals surface area contributed by atoms with E-state index in [4.69, 9.17) is 0 Å². The monoisotopic (exact) mass is 393 g/mol. The Hall–Kier alpha value is -2.58. The number of hydrogen-bond donors (Lipinski definition) is 4. The van der Waals surface area contributed by atoms with E-state index >= 15 is 0 Å². The van der Waals surface area contributed by atoms with Gasteiger partial charge < -0.3 is 21.1 Å². The number of aromatic nitrogens is 2. The Morgan fingerprint density at radius 3 is 2.52 bits per heavy atom. The number of nitrogens with zero attached hydrogens (tertiary/aromatic N) is 2. The van der Waals surface area contributed by atoms with Crippen molar-refractivity contribution in [1.82, 2.24) is 25.7 Å². The number of carbonyl (C=O) groups is 2. The van der Waals surface area contributed by atoms with Crippen LogP contribution in [0.15, 0.2) is 36.5 Å². The number of amides is 2. The molecule has 1 fully saturated rings. The number of benzene rings is 1. The van der Waals surface area contributed by atoms with E-state index in [1.165, 1.54) is 24.3 Å². The zero-order chi connectivity index (χ0) is 18.4. The summed E-state index contributed by atoms with van der Waals surface area (Å²) in [5, 5.41) is 22.4. The van der Waals surface area contributed by atoms with Crippen molar-refractivity contribution in [2.24, 2.45) is 0 Å². The van der Waals surface area contributed by atoms with Gasteiger partial charge in [0.2, 0.25) is 0 Å². The molecule has 0 aliphatic carbocycles. The van der Waals surface area contributed by atoms with Crippen molar-refractivity contribution in [3.63, 3.8) is 0 Å². The van der Waals surface area contributed by atoms with Gasteiger partial charge in [0.05, 0.1) is 6.04 Å². The van der Waals surface area contributed by atoms with Crippen molar-refractivity contribution in [3.05, 3.63) is 47.8 Å². The van der Waals surface area contributed by atoms with Crippen molar-refractivity contribution in [2.45, 2.75) is 18.9 Å². The Labute approximate surface area is 163 Å². The second-order valence-electron chi connectivity index (χ2n) is 6.24. The average Bonchev–Trinajstić information content (AvgIpc) is 3.16. The van der Waals surface area contributed by atoms with Crippen molar-refractivity contribution < 1.29 is 14.7 Å². The maximum Gasteiger partial charge on any atom is 0.271 e. The molecule has 2 amide bonds. The van der Waals surface area contributed by atoms with Crippen LogP contribution in [0.4, 0.5) is 0 Å². The van der Waals surface area contributed by atoms with Gasteiger partial charge in [-0.1, -0.05) is 0 Å². The van der Waals surface area contributed by atoms with Crippen LogP contribution >= 0.6 is 12.4 Å². The van der Waals surface area contributed by atoms with Crippen LogP contribution in [-0.2, 0) is 0 Å². The number of nitrogens with one attached hydrogen (secondary N) is 3. The lowest BCUT2D eigenvalue weighted by Crippen LogP contribution is -2.35. The predicted molar refractivity (Wildman–Crippen MR) is 103 cm³/mol. The Balaban J connectivity index is 0.00000261. The molecule has 146 valence electrons. The Morgan fingerprint density at radius 2 is 1.85 bits per heavy atom. The Bertz CT molecular complexity index is 757. The highest BCUT2D eigenvalue weighted by Gasteiger charge is 2.17. The van der Waals surface area contributed by atoms with Crippen LogP contribution in [0.25, 0.3) is 0 Å². The topological polar surface area (TPSA) is 108 Å². The molecule has 3 rings (SSSR count). The predicted octanol–water partition coefficient (Wildman–Crippen LogP) is 1.09. The maximum atomic E-state index is 12.1. The van der Waals surface area contributed by atoms with E-state index in [0.29, 0.717) is 24.3 Å². The lowest BCUT2D eigenvalue weighted by atomic mass is 10.1. The molecule has 0 spiro atoms. The summed E-state index contributed by atoms with van der Waals surface area (Å²) in [5.74, 6) is -0.406. The van der Waals surface area contributed by atoms with Crippen molar-refractivity contribution in [3.8, 4) is 5.75 Å². The number of aromatic hydroxyl groups is 1. The second kappa shape index (κ2) is 9.94. The van der Waals surface area contributed by atoms with Crippen LogP contribution in [-0.4, -0.2) is 52.9 Å². The first-order valence-electron chi connectivity index (χ1n) is 8.75. The summed E-state index contributed by atoms with van der Waals surface area (Å²) in [6.45, 7) is 2.51. The minimum atomic E-state index is -0.258. The summed E-state index contributed by atoms with van der Waals surface area (Å²) < 4.78 is 1.84. The van der Waals surface area contributed by atoms with Crippen LogP contribution in [0, 0.1) is 0 Å². The van der Waals surface area contributed by atoms with Crippen LogP contribution in [0.3, 0.4) is 0 Å². The van der Waals surface area contributed by atoms with Gasteiger partial charge in [-0.15, -0.1) is 12.4 Å². The molecule has 1 atom stereocenters. The zero-order valence-corrected chi connectivity index (χ0v) is 15.7. The molecule has 2 heterocycles. The maximum absolute atomic E-state index is 12.1. The van der Waals surface area contributed by atoms with E-state index in [9.17, 15) is 14.7 Å². The third-order valence-corrected chi connectivity index (χ3v) is 4.31. The van der Waals surface area contributed by atoms with Crippen LogP contribution < -0.4 is 16.0 Å². The first-order valence-corrected chi connectivity index (χ1v) is 8.75. The molecule has 1 saturated heterocycles. The fourth-order valence-electron chi connectivity index (χ4n) is 2.88. The number of rotatable bonds is 6. The number of piperidine rings is 1. The van der Waals surface area contributed by atoms with E-state index < -0.39 is 0 Å². The first-order chi connectivity index (χ1) is 12.6. The fourth-order valence-corrected chi connectivity index (χ4v) is 2.88. The number of phenolic OH excluding ortho intramolecular Hbond substituents is 1. The minimum Gasteiger partial charge on any atom is -0.508 e. The summed E-state index contributed by atoms with van der Waals surface area (Å²) in [4.78, 5) is 24.1. The van der Waals surface area contributed by atoms with Gasteiger partial charge in [0, 0.05) is 31.4 Å². The van der Waals surface area contributed by atoms with Gasteiger partial charge in [-0.05, 0) is 49.7 Å². The van der Waals surface area contributed by atoms with Crippen LogP contribution in [0.1, 0.15) is 39.7 Å². The molecule has 0 saturated carbocycles. The smallest absolute Gasteiger partial charge is 0.271 e. The summed E-state index contributed by atoms with van der Waals surface area (Å²) in [5.41, 5.74) is 0.828. The molecular formula is C18H24ClN5O3. The number of carbonyl (C=O) groups excluding carboxylic acids is 2. The van der Waals surface area contributed by atoms with Gasteiger partial charge in [0.15, 0.2) is 0 Å². The Kier molecular flexibility index (Phi) is 7.63. The number of halogens is 1. The van der Waals surface area contributed by atoms with E-state index in [1.807, 2.05) is 10.9 Å². The average molecular weight is 394 g/mol. The molecule has 0 bridgehead atoms. The highest BCUT2D eigenvalue weighted by Crippen LogP contribution is 2.15. The van der Waals surface area contributed by atoms with Gasteiger partial charge in [-0.3, -0.25) is 14.3 Å². The highest BCUT2D eigenvalue weighted by molar-refractivity contribution is 5.94. The third-order valence-electron chi connectivity index (χ3n) is 4.31. The summed E-state index contributed by atoms with van der Waals surface area (Å²) in [6.07, 6.45) is 3.99. The quantitative estimate of drug-likeness (QED) is 0.549. The highest BCUT2D eigenvalue weighted by atomic mass is 35.5. The van der Waals surface area contributed by atoms with Gasteiger partial charge in [0.25, 0.3) is 11.8 Å². The van der Waals surface area contributed by atoms with Gasteiger partial charge in [0.1, 0.15) is 11.4 Å². The molecule has 1 aromatic heterocycles. The molecule has 1 unspecified atom stereocenters. The summed E-state index contributed by atoms with van der Waals surface area (Å²) in [7, 11) is 0. The van der Waals surface area contributed by atoms with Crippen LogP contribution in [0.5, 0.6) is 5.75 Å². The number of hydrogen-bond acceptors (Lipinski definition) is 5. The molecule has 4 N–H and O–H groups in total. The first kappa shape index (κ1) is 20.7. The van der Waals surface area contributed by atoms with Crippen molar-refractivity contribution >= 4 is 24.2 Å². The van der Waals surface area contributed by atoms with Crippen molar-refractivity contribution in [2.75, 3.05) is 26.2 Å². The molecule has 0 radical (unpaired) electrons. The normalized spacial score (nSPS) is 16.2. The molecular weight excluding hydrogens is 370 g/mol. The SMILES string of the molecule is Cl.O=C(NCCNC(=O)c1ccn(C2CCCNC2)n1)c1ccc(O)cc1. The minimum absolute atomic E-state index is 0. The lowest BCUT2D eigenvalue weighted by Gasteiger charge is -2.22. The van der Waals surface area contributed by atoms with Gasteiger partial charge in [-0.25, -0.2) is 0 Å². The molecule has 8 nitrogen and oxygen atoms in total. The lowest BCUT2D eigenvalue weighted by molar-refractivity contribution is 0.0924. The van der Waals surface area contributed by atoms with E-state index in [-0.39, 0.29) is 36.0 Å². The van der Waals surface area contributed by atoms with Gasteiger partial charge >= 0.3 is 0 Å². The molecule has 27 heavy (non-hydrogen) atoms. The largest absolute Gasteiger partial charge is 0.508 e. The Morgan fingerprint density at radius 1 is 1.15 bits per heavy atom. The second-order valence-corrected chi connectivity index (χ2v) is 6.24. The summed E-state index contributed by atoms with van der Waals surface area (Å²) in [6, 6.07) is 7.98. The molecule has 1 aliphatic rings.